The van der Waals surface area contributed by atoms with Crippen molar-refractivity contribution in [3.8, 4) is 0 Å². The maximum absolute atomic E-state index is 13.3. The molecule has 0 saturated heterocycles. The molecule has 0 aliphatic rings. The van der Waals surface area contributed by atoms with Crippen LogP contribution in [0.4, 0.5) is 14.9 Å². The molecule has 0 aliphatic heterocycles. The normalized spacial score (nSPS) is 10.8. The zero-order chi connectivity index (χ0) is 13.1. The van der Waals surface area contributed by atoms with Crippen LogP contribution in [0.3, 0.4) is 0 Å². The highest BCUT2D eigenvalue weighted by atomic mass is 19.1. The summed E-state index contributed by atoms with van der Waals surface area (Å²) in [5, 5.41) is 2.25. The summed E-state index contributed by atoms with van der Waals surface area (Å²) < 4.78 is 18.3. The molecule has 0 fully saturated rings. The van der Waals surface area contributed by atoms with Crippen LogP contribution in [-0.2, 0) is 4.74 Å². The van der Waals surface area contributed by atoms with Crippen molar-refractivity contribution in [2.45, 2.75) is 26.4 Å². The molecule has 92 valence electrons. The maximum atomic E-state index is 13.3. The molecular weight excluding hydrogens is 225 g/mol. The molecule has 0 heterocycles. The molecule has 0 saturated carbocycles. The fourth-order valence-corrected chi connectivity index (χ4v) is 1.13. The first-order valence-electron chi connectivity index (χ1n) is 5.06. The Kier molecular flexibility index (Phi) is 3.83. The van der Waals surface area contributed by atoms with E-state index in [1.807, 2.05) is 0 Å². The maximum Gasteiger partial charge on any atom is 0.412 e. The van der Waals surface area contributed by atoms with Crippen molar-refractivity contribution in [3.63, 3.8) is 0 Å². The topological polar surface area (TPSA) is 55.4 Å². The lowest BCUT2D eigenvalue weighted by Crippen LogP contribution is -2.27. The Morgan fingerprint density at radius 3 is 2.59 bits per heavy atom. The third-order valence-electron chi connectivity index (χ3n) is 1.76. The Morgan fingerprint density at radius 1 is 1.41 bits per heavy atom. The van der Waals surface area contributed by atoms with Crippen LogP contribution in [0, 0.1) is 5.82 Å². The van der Waals surface area contributed by atoms with Crippen molar-refractivity contribution in [1.82, 2.24) is 0 Å². The van der Waals surface area contributed by atoms with Gasteiger partial charge in [-0.3, -0.25) is 10.1 Å². The largest absolute Gasteiger partial charge is 0.444 e. The summed E-state index contributed by atoms with van der Waals surface area (Å²) in [5.74, 6) is -0.624. The quantitative estimate of drug-likeness (QED) is 0.807. The zero-order valence-corrected chi connectivity index (χ0v) is 9.91. The molecule has 0 radical (unpaired) electrons. The van der Waals surface area contributed by atoms with Crippen LogP contribution in [-0.4, -0.2) is 18.0 Å². The van der Waals surface area contributed by atoms with Gasteiger partial charge in [0.1, 0.15) is 17.7 Å². The zero-order valence-electron chi connectivity index (χ0n) is 9.91. The van der Waals surface area contributed by atoms with E-state index in [0.717, 1.165) is 6.07 Å². The monoisotopic (exact) mass is 239 g/mol. The third-order valence-corrected chi connectivity index (χ3v) is 1.76. The van der Waals surface area contributed by atoms with Crippen LogP contribution in [0.1, 0.15) is 31.1 Å². The highest BCUT2D eigenvalue weighted by molar-refractivity contribution is 5.87. The van der Waals surface area contributed by atoms with Gasteiger partial charge in [-0.15, -0.1) is 0 Å². The molecule has 0 bridgehead atoms. The van der Waals surface area contributed by atoms with Gasteiger partial charge in [0.15, 0.2) is 0 Å². The molecule has 1 N–H and O–H groups in total. The lowest BCUT2D eigenvalue weighted by molar-refractivity contribution is 0.0635. The average Bonchev–Trinajstić information content (AvgIpc) is 2.18. The molecule has 1 rings (SSSR count). The molecular formula is C12H14FNO3. The average molecular weight is 239 g/mol. The van der Waals surface area contributed by atoms with Gasteiger partial charge in [0.25, 0.3) is 0 Å². The van der Waals surface area contributed by atoms with Crippen LogP contribution in [0.15, 0.2) is 18.2 Å². The second-order valence-corrected chi connectivity index (χ2v) is 4.48. The molecule has 5 heteroatoms. The number of nitrogens with one attached hydrogen (secondary N) is 1. The molecule has 1 aromatic carbocycles. The lowest BCUT2D eigenvalue weighted by atomic mass is 10.2. The van der Waals surface area contributed by atoms with E-state index in [2.05, 4.69) is 5.32 Å². The summed E-state index contributed by atoms with van der Waals surface area (Å²) in [6.45, 7) is 5.10. The van der Waals surface area contributed by atoms with E-state index in [1.165, 1.54) is 12.1 Å². The van der Waals surface area contributed by atoms with Crippen LogP contribution in [0.25, 0.3) is 0 Å². The van der Waals surface area contributed by atoms with Crippen molar-refractivity contribution in [3.05, 3.63) is 29.6 Å². The number of aldehydes is 1. The van der Waals surface area contributed by atoms with Crippen molar-refractivity contribution < 1.29 is 18.7 Å². The number of halogens is 1. The number of carbonyl (C=O) groups is 2. The van der Waals surface area contributed by atoms with E-state index >= 15 is 0 Å². The minimum absolute atomic E-state index is 0.0798. The second kappa shape index (κ2) is 4.95. The number of benzene rings is 1. The standard InChI is InChI=1S/C12H14FNO3/c1-12(2,3)17-11(16)14-10-6-8(7-15)4-5-9(10)13/h4-7H,1-3H3,(H,14,16). The fourth-order valence-electron chi connectivity index (χ4n) is 1.13. The van der Waals surface area contributed by atoms with Crippen molar-refractivity contribution in [1.29, 1.82) is 0 Å². The van der Waals surface area contributed by atoms with Gasteiger partial charge in [-0.25, -0.2) is 9.18 Å². The minimum Gasteiger partial charge on any atom is -0.444 e. The minimum atomic E-state index is -0.764. The van der Waals surface area contributed by atoms with Gasteiger partial charge < -0.3 is 4.74 Å². The van der Waals surface area contributed by atoms with E-state index in [1.54, 1.807) is 20.8 Å². The predicted octanol–water partition coefficient (Wildman–Crippen LogP) is 2.99. The van der Waals surface area contributed by atoms with Gasteiger partial charge in [0, 0.05) is 5.56 Å². The van der Waals surface area contributed by atoms with Crippen LogP contribution in [0.5, 0.6) is 0 Å². The van der Waals surface area contributed by atoms with Gasteiger partial charge in [0.05, 0.1) is 5.69 Å². The van der Waals surface area contributed by atoms with Crippen LogP contribution in [0.2, 0.25) is 0 Å². The Hall–Kier alpha value is -1.91. The molecule has 0 unspecified atom stereocenters. The van der Waals surface area contributed by atoms with E-state index in [4.69, 9.17) is 4.74 Å². The number of ether oxygens (including phenoxy) is 1. The predicted molar refractivity (Wildman–Crippen MR) is 61.6 cm³/mol. The summed E-state index contributed by atoms with van der Waals surface area (Å²) >= 11 is 0. The highest BCUT2D eigenvalue weighted by Gasteiger charge is 2.17. The Morgan fingerprint density at radius 2 is 2.06 bits per heavy atom. The number of anilines is 1. The third kappa shape index (κ3) is 4.22. The SMILES string of the molecule is CC(C)(C)OC(=O)Nc1cc(C=O)ccc1F. The second-order valence-electron chi connectivity index (χ2n) is 4.48. The molecule has 17 heavy (non-hydrogen) atoms. The number of amides is 1. The Bertz CT molecular complexity index is 438. The van der Waals surface area contributed by atoms with Crippen molar-refractivity contribution in [2.75, 3.05) is 5.32 Å². The summed E-state index contributed by atoms with van der Waals surface area (Å²) in [4.78, 5) is 21.9. The number of hydrogen-bond acceptors (Lipinski definition) is 3. The van der Waals surface area contributed by atoms with Gasteiger partial charge in [0.2, 0.25) is 0 Å². The smallest absolute Gasteiger partial charge is 0.412 e. The number of rotatable bonds is 2. The first-order valence-corrected chi connectivity index (χ1v) is 5.06. The molecule has 1 amide bonds. The van der Waals surface area contributed by atoms with Gasteiger partial charge in [-0.1, -0.05) is 0 Å². The Labute approximate surface area is 98.8 Å². The first kappa shape index (κ1) is 13.2. The summed E-state index contributed by atoms with van der Waals surface area (Å²) in [6.07, 6.45) is -0.195. The first-order chi connectivity index (χ1) is 7.81. The summed E-state index contributed by atoms with van der Waals surface area (Å²) in [6, 6.07) is 3.67. The molecule has 0 atom stereocenters. The van der Waals surface area contributed by atoms with E-state index < -0.39 is 17.5 Å². The molecule has 1 aromatic rings. The van der Waals surface area contributed by atoms with Crippen molar-refractivity contribution in [2.24, 2.45) is 0 Å². The molecule has 4 nitrogen and oxygen atoms in total. The van der Waals surface area contributed by atoms with Gasteiger partial charge in [-0.05, 0) is 39.0 Å². The van der Waals surface area contributed by atoms with E-state index in [0.29, 0.717) is 6.29 Å². The van der Waals surface area contributed by atoms with E-state index in [-0.39, 0.29) is 11.3 Å². The lowest BCUT2D eigenvalue weighted by Gasteiger charge is -2.19. The highest BCUT2D eigenvalue weighted by Crippen LogP contribution is 2.17. The van der Waals surface area contributed by atoms with Crippen LogP contribution >= 0.6 is 0 Å². The van der Waals surface area contributed by atoms with Gasteiger partial charge >= 0.3 is 6.09 Å². The Balaban J connectivity index is 2.81. The number of carbonyl (C=O) groups excluding carboxylic acids is 2. The molecule has 0 aliphatic carbocycles. The summed E-state index contributed by atoms with van der Waals surface area (Å²) in [5.41, 5.74) is -0.468. The van der Waals surface area contributed by atoms with Crippen LogP contribution < -0.4 is 5.32 Å². The van der Waals surface area contributed by atoms with E-state index in [9.17, 15) is 14.0 Å². The molecule has 0 aromatic heterocycles. The van der Waals surface area contributed by atoms with Crippen molar-refractivity contribution >= 4 is 18.1 Å². The van der Waals surface area contributed by atoms with Gasteiger partial charge in [-0.2, -0.15) is 0 Å². The number of hydrogen-bond donors (Lipinski definition) is 1. The summed E-state index contributed by atoms with van der Waals surface area (Å²) in [7, 11) is 0. The fraction of sp³-hybridized carbons (Fsp3) is 0.333. The molecule has 0 spiro atoms.